The predicted molar refractivity (Wildman–Crippen MR) is 41.4 cm³/mol. The van der Waals surface area contributed by atoms with Gasteiger partial charge in [-0.3, -0.25) is 0 Å². The average Bonchev–Trinajstić information content (AvgIpc) is 2.12. The Morgan fingerprint density at radius 3 is 1.50 bits per heavy atom. The third kappa shape index (κ3) is 1.35. The molecule has 2 saturated heterocycles. The summed E-state index contributed by atoms with van der Waals surface area (Å²) in [5, 5.41) is 0. The molecule has 0 aromatic carbocycles. The summed E-state index contributed by atoms with van der Waals surface area (Å²) in [6.45, 7) is 0. The van der Waals surface area contributed by atoms with Gasteiger partial charge in [0.1, 0.15) is 0 Å². The molecule has 2 fully saturated rings. The van der Waals surface area contributed by atoms with Gasteiger partial charge in [-0.1, -0.05) is 0 Å². The van der Waals surface area contributed by atoms with Crippen molar-refractivity contribution in [2.45, 2.75) is 12.1 Å². The molecule has 0 saturated carbocycles. The van der Waals surface area contributed by atoms with Crippen molar-refractivity contribution < 1.29 is 16.8 Å². The van der Waals surface area contributed by atoms with Gasteiger partial charge in [0, 0.05) is 0 Å². The van der Waals surface area contributed by atoms with E-state index in [0.29, 0.717) is 0 Å². The quantitative estimate of drug-likeness (QED) is 0.468. The van der Waals surface area contributed by atoms with Crippen molar-refractivity contribution in [3.8, 4) is 0 Å². The summed E-state index contributed by atoms with van der Waals surface area (Å²) in [5.74, 6) is -0.284. The minimum atomic E-state index is -3.23. The van der Waals surface area contributed by atoms with E-state index in [1.54, 1.807) is 0 Å². The van der Waals surface area contributed by atoms with E-state index in [2.05, 4.69) is 9.44 Å². The number of hydrogen-bond acceptors (Lipinski definition) is 4. The zero-order valence-electron chi connectivity index (χ0n) is 6.02. The fourth-order valence-corrected chi connectivity index (χ4v) is 4.89. The molecule has 2 aliphatic heterocycles. The van der Waals surface area contributed by atoms with E-state index in [0.717, 1.165) is 0 Å². The lowest BCUT2D eigenvalue weighted by molar-refractivity contribution is 0.585. The van der Waals surface area contributed by atoms with Crippen LogP contribution in [0.5, 0.6) is 0 Å². The zero-order chi connectivity index (χ0) is 8.98. The minimum absolute atomic E-state index is 0.142. The van der Waals surface area contributed by atoms with Crippen molar-refractivity contribution in [2.75, 3.05) is 11.5 Å². The van der Waals surface area contributed by atoms with E-state index in [1.165, 1.54) is 0 Å². The molecular weight excluding hydrogens is 204 g/mol. The monoisotopic (exact) mass is 212 g/mol. The second kappa shape index (κ2) is 2.19. The van der Waals surface area contributed by atoms with Crippen LogP contribution in [0.1, 0.15) is 0 Å². The number of hydrogen-bond donors (Lipinski definition) is 2. The van der Waals surface area contributed by atoms with Crippen molar-refractivity contribution in [2.24, 2.45) is 0 Å². The molecule has 2 unspecified atom stereocenters. The molecule has 6 nitrogen and oxygen atoms in total. The summed E-state index contributed by atoms with van der Waals surface area (Å²) >= 11 is 0. The zero-order valence-corrected chi connectivity index (χ0v) is 7.65. The van der Waals surface area contributed by atoms with E-state index in [4.69, 9.17) is 0 Å². The number of nitrogens with one attached hydrogen (secondary N) is 2. The highest BCUT2D eigenvalue weighted by Gasteiger charge is 2.46. The Balaban J connectivity index is 2.28. The highest BCUT2D eigenvalue weighted by Crippen LogP contribution is 2.17. The maximum Gasteiger partial charge on any atom is 0.213 e. The molecule has 8 heteroatoms. The first-order chi connectivity index (χ1) is 5.38. The summed E-state index contributed by atoms with van der Waals surface area (Å²) in [7, 11) is -6.47. The highest BCUT2D eigenvalue weighted by molar-refractivity contribution is 7.91. The number of rotatable bonds is 0. The van der Waals surface area contributed by atoms with E-state index >= 15 is 0 Å². The fourth-order valence-electron chi connectivity index (χ4n) is 1.49. The SMILES string of the molecule is O=S1(=O)CC2NS(=O)(=O)CC2N1. The molecule has 12 heavy (non-hydrogen) atoms. The van der Waals surface area contributed by atoms with Crippen LogP contribution in [0.15, 0.2) is 0 Å². The summed E-state index contributed by atoms with van der Waals surface area (Å²) in [4.78, 5) is 0. The molecule has 0 radical (unpaired) electrons. The summed E-state index contributed by atoms with van der Waals surface area (Å²) in [6.07, 6.45) is 0. The smallest absolute Gasteiger partial charge is 0.212 e. The van der Waals surface area contributed by atoms with Gasteiger partial charge in [0.25, 0.3) is 0 Å². The van der Waals surface area contributed by atoms with Gasteiger partial charge >= 0.3 is 0 Å². The average molecular weight is 212 g/mol. The van der Waals surface area contributed by atoms with Gasteiger partial charge < -0.3 is 0 Å². The Hall–Kier alpha value is -0.180. The van der Waals surface area contributed by atoms with Crippen LogP contribution >= 0.6 is 0 Å². The van der Waals surface area contributed by atoms with Crippen LogP contribution in [0, 0.1) is 0 Å². The molecule has 0 spiro atoms. The topological polar surface area (TPSA) is 92.3 Å². The Labute approximate surface area is 70.4 Å². The normalized spacial score (nSPS) is 42.7. The van der Waals surface area contributed by atoms with Crippen LogP contribution in [0.4, 0.5) is 0 Å². The van der Waals surface area contributed by atoms with Crippen LogP contribution in [0.3, 0.4) is 0 Å². The van der Waals surface area contributed by atoms with Gasteiger partial charge in [-0.15, -0.1) is 0 Å². The molecule has 0 bridgehead atoms. The largest absolute Gasteiger partial charge is 0.213 e. The molecule has 0 aromatic rings. The Bertz CT molecular complexity index is 333. The Morgan fingerprint density at radius 1 is 0.833 bits per heavy atom. The van der Waals surface area contributed by atoms with Crippen molar-refractivity contribution in [1.29, 1.82) is 0 Å². The van der Waals surface area contributed by atoms with Gasteiger partial charge in [-0.05, 0) is 0 Å². The maximum atomic E-state index is 10.9. The van der Waals surface area contributed by atoms with E-state index in [-0.39, 0.29) is 11.5 Å². The first-order valence-corrected chi connectivity index (χ1v) is 6.68. The lowest BCUT2D eigenvalue weighted by Gasteiger charge is -2.00. The van der Waals surface area contributed by atoms with Crippen LogP contribution in [-0.2, 0) is 20.0 Å². The number of sulfonamides is 2. The number of fused-ring (bicyclic) bond motifs is 1. The van der Waals surface area contributed by atoms with Gasteiger partial charge in [0.15, 0.2) is 0 Å². The maximum absolute atomic E-state index is 10.9. The predicted octanol–water partition coefficient (Wildman–Crippen LogP) is -2.41. The summed E-state index contributed by atoms with van der Waals surface area (Å²) in [6, 6.07) is -0.944. The van der Waals surface area contributed by atoms with Crippen LogP contribution in [0.2, 0.25) is 0 Å². The summed E-state index contributed by atoms with van der Waals surface area (Å²) in [5.41, 5.74) is 0. The molecule has 2 heterocycles. The Kier molecular flexibility index (Phi) is 1.54. The first-order valence-electron chi connectivity index (χ1n) is 3.38. The van der Waals surface area contributed by atoms with Crippen LogP contribution < -0.4 is 9.44 Å². The minimum Gasteiger partial charge on any atom is -0.212 e. The third-order valence-electron chi connectivity index (χ3n) is 1.95. The fraction of sp³-hybridized carbons (Fsp3) is 1.00. The molecule has 0 amide bonds. The highest BCUT2D eigenvalue weighted by atomic mass is 32.2. The van der Waals surface area contributed by atoms with Crippen LogP contribution in [-0.4, -0.2) is 40.4 Å². The van der Waals surface area contributed by atoms with Gasteiger partial charge in [-0.25, -0.2) is 26.3 Å². The van der Waals surface area contributed by atoms with Gasteiger partial charge in [0.2, 0.25) is 20.0 Å². The molecular formula is C4H8N2O4S2. The van der Waals surface area contributed by atoms with Gasteiger partial charge in [-0.2, -0.15) is 0 Å². The van der Waals surface area contributed by atoms with Crippen molar-refractivity contribution in [3.63, 3.8) is 0 Å². The lowest BCUT2D eigenvalue weighted by Crippen LogP contribution is -2.32. The molecule has 2 atom stereocenters. The second-order valence-electron chi connectivity index (χ2n) is 3.01. The van der Waals surface area contributed by atoms with Crippen molar-refractivity contribution in [1.82, 2.24) is 9.44 Å². The summed E-state index contributed by atoms with van der Waals surface area (Å²) < 4.78 is 48.2. The molecule has 2 N–H and O–H groups in total. The molecule has 0 aliphatic carbocycles. The van der Waals surface area contributed by atoms with E-state index < -0.39 is 32.1 Å². The standard InChI is InChI=1S/C4H8N2O4S2/c7-11(8)1-3-4(6-11)2-12(9,10)5-3/h3-6H,1-2H2. The molecule has 0 aromatic heterocycles. The Morgan fingerprint density at radius 2 is 1.17 bits per heavy atom. The van der Waals surface area contributed by atoms with E-state index in [1.807, 2.05) is 0 Å². The molecule has 2 rings (SSSR count). The van der Waals surface area contributed by atoms with E-state index in [9.17, 15) is 16.8 Å². The molecule has 2 aliphatic rings. The molecule has 70 valence electrons. The van der Waals surface area contributed by atoms with Crippen LogP contribution in [0.25, 0.3) is 0 Å². The lowest BCUT2D eigenvalue weighted by atomic mass is 10.2. The third-order valence-corrected chi connectivity index (χ3v) is 4.87. The van der Waals surface area contributed by atoms with Crippen molar-refractivity contribution in [3.05, 3.63) is 0 Å². The first kappa shape index (κ1) is 8.42. The van der Waals surface area contributed by atoms with Gasteiger partial charge in [0.05, 0.1) is 23.6 Å². The second-order valence-corrected chi connectivity index (χ2v) is 6.61. The van der Waals surface area contributed by atoms with Crippen molar-refractivity contribution >= 4 is 20.0 Å².